The number of hydrogen-bond acceptors (Lipinski definition) is 5. The summed E-state index contributed by atoms with van der Waals surface area (Å²) in [5, 5.41) is 6.43. The van der Waals surface area contributed by atoms with Gasteiger partial charge in [0.05, 0.1) is 17.0 Å². The molecule has 1 aromatic carbocycles. The van der Waals surface area contributed by atoms with Crippen molar-refractivity contribution in [1.29, 1.82) is 0 Å². The van der Waals surface area contributed by atoms with Crippen LogP contribution in [0.15, 0.2) is 47.1 Å². The van der Waals surface area contributed by atoms with Gasteiger partial charge < -0.3 is 9.73 Å². The van der Waals surface area contributed by atoms with Gasteiger partial charge in [0.25, 0.3) is 11.7 Å². The molecule has 0 fully saturated rings. The zero-order valence-electron chi connectivity index (χ0n) is 14.7. The largest absolute Gasteiger partial charge is 0.463 e. The second-order valence-electron chi connectivity index (χ2n) is 6.09. The predicted molar refractivity (Wildman–Crippen MR) is 97.6 cm³/mol. The first-order valence-electron chi connectivity index (χ1n) is 8.19. The van der Waals surface area contributed by atoms with Crippen molar-refractivity contribution in [3.05, 3.63) is 64.8 Å². The number of aryl methyl sites for hydroxylation is 1. The van der Waals surface area contributed by atoms with Gasteiger partial charge in [0.1, 0.15) is 5.69 Å². The highest BCUT2D eigenvalue weighted by Crippen LogP contribution is 2.32. The number of furan rings is 1. The molecule has 0 unspecified atom stereocenters. The summed E-state index contributed by atoms with van der Waals surface area (Å²) < 4.78 is 46.1. The van der Waals surface area contributed by atoms with Crippen LogP contribution in [0.4, 0.5) is 18.9 Å². The maximum Gasteiger partial charge on any atom is 0.433 e. The number of aromatic nitrogens is 4. The summed E-state index contributed by atoms with van der Waals surface area (Å²) in [6.45, 7) is 1.82. The number of halogens is 4. The number of nitrogens with one attached hydrogen (secondary N) is 1. The lowest BCUT2D eigenvalue weighted by Gasteiger charge is -2.09. The molecule has 0 aliphatic rings. The molecule has 3 heterocycles. The van der Waals surface area contributed by atoms with E-state index in [2.05, 4.69) is 20.4 Å². The van der Waals surface area contributed by atoms with Crippen molar-refractivity contribution in [1.82, 2.24) is 19.6 Å². The van der Waals surface area contributed by atoms with Crippen LogP contribution >= 0.6 is 11.6 Å². The molecule has 3 aromatic heterocycles. The monoisotopic (exact) mass is 421 g/mol. The lowest BCUT2D eigenvalue weighted by atomic mass is 10.2. The van der Waals surface area contributed by atoms with Crippen molar-refractivity contribution in [2.24, 2.45) is 0 Å². The Bertz CT molecular complexity index is 1220. The molecule has 7 nitrogen and oxygen atoms in total. The van der Waals surface area contributed by atoms with E-state index in [4.69, 9.17) is 16.0 Å². The van der Waals surface area contributed by atoms with Gasteiger partial charge in [0.2, 0.25) is 5.82 Å². The molecule has 148 valence electrons. The lowest BCUT2D eigenvalue weighted by Crippen LogP contribution is -2.16. The molecule has 0 aliphatic carbocycles. The van der Waals surface area contributed by atoms with Crippen LogP contribution in [0.5, 0.6) is 0 Å². The lowest BCUT2D eigenvalue weighted by molar-refractivity contribution is -0.142. The highest BCUT2D eigenvalue weighted by Gasteiger charge is 2.36. The van der Waals surface area contributed by atoms with Gasteiger partial charge in [-0.05, 0) is 42.8 Å². The van der Waals surface area contributed by atoms with E-state index in [-0.39, 0.29) is 22.2 Å². The first-order valence-corrected chi connectivity index (χ1v) is 8.56. The smallest absolute Gasteiger partial charge is 0.433 e. The average molecular weight is 422 g/mol. The number of hydrogen-bond donors (Lipinski definition) is 1. The molecule has 0 saturated carbocycles. The summed E-state index contributed by atoms with van der Waals surface area (Å²) in [6.07, 6.45) is -3.45. The number of amides is 1. The SMILES string of the molecule is Cc1ccc(NC(=O)c2nc3nc(-c4ccco4)cc(C(F)(F)F)n3n2)c(Cl)c1. The highest BCUT2D eigenvalue weighted by atomic mass is 35.5. The number of nitrogens with zero attached hydrogens (tertiary/aromatic N) is 4. The number of rotatable bonds is 3. The Labute approximate surface area is 166 Å². The third-order valence-electron chi connectivity index (χ3n) is 3.95. The third-order valence-corrected chi connectivity index (χ3v) is 4.26. The zero-order chi connectivity index (χ0) is 20.8. The van der Waals surface area contributed by atoms with Crippen molar-refractivity contribution in [3.63, 3.8) is 0 Å². The van der Waals surface area contributed by atoms with Crippen molar-refractivity contribution in [2.75, 3.05) is 5.32 Å². The maximum atomic E-state index is 13.5. The summed E-state index contributed by atoms with van der Waals surface area (Å²) in [5.74, 6) is -1.59. The normalized spacial score (nSPS) is 11.8. The summed E-state index contributed by atoms with van der Waals surface area (Å²) in [5.41, 5.74) is -0.0747. The van der Waals surface area contributed by atoms with Crippen molar-refractivity contribution < 1.29 is 22.4 Å². The molecule has 0 bridgehead atoms. The number of anilines is 1. The Hall–Kier alpha value is -3.40. The first kappa shape index (κ1) is 18.9. The number of carbonyl (C=O) groups excluding carboxylic acids is 1. The van der Waals surface area contributed by atoms with Gasteiger partial charge in [-0.3, -0.25) is 4.79 Å². The standard InChI is InChI=1S/C18H11ClF3N5O2/c1-9-4-5-11(10(19)7-9)23-16(28)15-25-17-24-12(13-3-2-6-29-13)8-14(18(20,21)22)27(17)26-15/h2-8H,1H3,(H,23,28). The van der Waals surface area contributed by atoms with E-state index in [0.717, 1.165) is 11.6 Å². The molecular formula is C18H11ClF3N5O2. The van der Waals surface area contributed by atoms with Crippen LogP contribution in [0.2, 0.25) is 5.02 Å². The van der Waals surface area contributed by atoms with Gasteiger partial charge in [-0.1, -0.05) is 17.7 Å². The second-order valence-corrected chi connectivity index (χ2v) is 6.49. The van der Waals surface area contributed by atoms with E-state index in [0.29, 0.717) is 4.52 Å². The van der Waals surface area contributed by atoms with Crippen LogP contribution in [0, 0.1) is 6.92 Å². The molecule has 0 aliphatic heterocycles. The topological polar surface area (TPSA) is 85.3 Å². The van der Waals surface area contributed by atoms with Crippen LogP contribution in [0.1, 0.15) is 21.9 Å². The molecule has 4 aromatic rings. The third kappa shape index (κ3) is 3.66. The van der Waals surface area contributed by atoms with Gasteiger partial charge in [0.15, 0.2) is 11.5 Å². The van der Waals surface area contributed by atoms with Crippen molar-refractivity contribution in [3.8, 4) is 11.5 Å². The zero-order valence-corrected chi connectivity index (χ0v) is 15.4. The number of alkyl halides is 3. The Balaban J connectivity index is 1.77. The van der Waals surface area contributed by atoms with Crippen LogP contribution in [-0.4, -0.2) is 25.5 Å². The molecule has 0 spiro atoms. The van der Waals surface area contributed by atoms with Gasteiger partial charge >= 0.3 is 6.18 Å². The summed E-state index contributed by atoms with van der Waals surface area (Å²) >= 11 is 6.07. The Morgan fingerprint density at radius 1 is 1.21 bits per heavy atom. The minimum absolute atomic E-state index is 0.0873. The van der Waals surface area contributed by atoms with Crippen LogP contribution < -0.4 is 5.32 Å². The molecule has 0 radical (unpaired) electrons. The Kier molecular flexibility index (Phi) is 4.50. The molecule has 4 rings (SSSR count). The average Bonchev–Trinajstić information content (AvgIpc) is 3.31. The van der Waals surface area contributed by atoms with E-state index in [1.807, 2.05) is 6.92 Å². The Morgan fingerprint density at radius 2 is 2.00 bits per heavy atom. The van der Waals surface area contributed by atoms with E-state index >= 15 is 0 Å². The summed E-state index contributed by atoms with van der Waals surface area (Å²) in [4.78, 5) is 20.3. The fourth-order valence-electron chi connectivity index (χ4n) is 2.62. The highest BCUT2D eigenvalue weighted by molar-refractivity contribution is 6.34. The minimum atomic E-state index is -4.76. The Morgan fingerprint density at radius 3 is 2.66 bits per heavy atom. The fraction of sp³-hybridized carbons (Fsp3) is 0.111. The molecule has 0 saturated heterocycles. The molecule has 11 heteroatoms. The van der Waals surface area contributed by atoms with Crippen molar-refractivity contribution in [2.45, 2.75) is 13.1 Å². The van der Waals surface area contributed by atoms with E-state index in [9.17, 15) is 18.0 Å². The molecular weight excluding hydrogens is 411 g/mol. The molecule has 1 amide bonds. The van der Waals surface area contributed by atoms with E-state index in [1.165, 1.54) is 18.4 Å². The van der Waals surface area contributed by atoms with Crippen LogP contribution in [-0.2, 0) is 6.18 Å². The van der Waals surface area contributed by atoms with Gasteiger partial charge in [-0.25, -0.2) is 4.98 Å². The number of fused-ring (bicyclic) bond motifs is 1. The van der Waals surface area contributed by atoms with Gasteiger partial charge in [0, 0.05) is 0 Å². The van der Waals surface area contributed by atoms with Crippen LogP contribution in [0.3, 0.4) is 0 Å². The number of carbonyl (C=O) groups is 1. The van der Waals surface area contributed by atoms with Crippen molar-refractivity contribution >= 4 is 29.0 Å². The fourth-order valence-corrected chi connectivity index (χ4v) is 2.90. The minimum Gasteiger partial charge on any atom is -0.463 e. The molecule has 0 atom stereocenters. The predicted octanol–water partition coefficient (Wildman–Crippen LogP) is 4.62. The first-order chi connectivity index (χ1) is 13.7. The molecule has 29 heavy (non-hydrogen) atoms. The second kappa shape index (κ2) is 6.89. The summed E-state index contributed by atoms with van der Waals surface area (Å²) in [6, 6.07) is 8.68. The number of benzene rings is 1. The quantitative estimate of drug-likeness (QED) is 0.522. The van der Waals surface area contributed by atoms with E-state index < -0.39 is 29.4 Å². The van der Waals surface area contributed by atoms with Gasteiger partial charge in [-0.2, -0.15) is 22.7 Å². The van der Waals surface area contributed by atoms with E-state index in [1.54, 1.807) is 18.2 Å². The van der Waals surface area contributed by atoms with Gasteiger partial charge in [-0.15, -0.1) is 5.10 Å². The maximum absolute atomic E-state index is 13.5. The van der Waals surface area contributed by atoms with Crippen LogP contribution in [0.25, 0.3) is 17.2 Å². The molecule has 1 N–H and O–H groups in total. The summed E-state index contributed by atoms with van der Waals surface area (Å²) in [7, 11) is 0.